The van der Waals surface area contributed by atoms with Gasteiger partial charge in [-0.15, -0.1) is 0 Å². The highest BCUT2D eigenvalue weighted by Gasteiger charge is 2.28. The zero-order valence-corrected chi connectivity index (χ0v) is 13.3. The van der Waals surface area contributed by atoms with E-state index in [1.54, 1.807) is 17.0 Å². The molecule has 1 aliphatic heterocycles. The third-order valence-electron chi connectivity index (χ3n) is 3.97. The number of aromatic nitrogens is 3. The molecule has 0 amide bonds. The summed E-state index contributed by atoms with van der Waals surface area (Å²) in [7, 11) is 0. The molecule has 0 aromatic carbocycles. The summed E-state index contributed by atoms with van der Waals surface area (Å²) in [6.45, 7) is 9.71. The highest BCUT2D eigenvalue weighted by Crippen LogP contribution is 2.21. The van der Waals surface area contributed by atoms with Crippen molar-refractivity contribution in [1.29, 1.82) is 0 Å². The Bertz CT molecular complexity index is 679. The van der Waals surface area contributed by atoms with E-state index in [1.165, 1.54) is 6.39 Å². The van der Waals surface area contributed by atoms with Gasteiger partial charge in [-0.1, -0.05) is 20.8 Å². The van der Waals surface area contributed by atoms with E-state index in [0.717, 1.165) is 31.0 Å². The van der Waals surface area contributed by atoms with E-state index < -0.39 is 0 Å². The predicted molar refractivity (Wildman–Crippen MR) is 82.5 cm³/mol. The lowest BCUT2D eigenvalue weighted by atomic mass is 9.92. The van der Waals surface area contributed by atoms with Crippen molar-refractivity contribution in [2.24, 2.45) is 5.92 Å². The van der Waals surface area contributed by atoms with Crippen LogP contribution in [-0.2, 0) is 18.5 Å². The first-order valence-electron chi connectivity index (χ1n) is 7.60. The molecule has 3 heterocycles. The SMILES string of the molecule is CC(C)(C)c1ccc(=O)n(CC2CN(Cc3cocn3)C2)n1. The summed E-state index contributed by atoms with van der Waals surface area (Å²) in [6.07, 6.45) is 3.13. The fourth-order valence-electron chi connectivity index (χ4n) is 2.69. The van der Waals surface area contributed by atoms with Crippen molar-refractivity contribution >= 4 is 0 Å². The molecular formula is C16H22N4O2. The molecule has 3 rings (SSSR count). The third kappa shape index (κ3) is 3.27. The zero-order chi connectivity index (χ0) is 15.7. The fourth-order valence-corrected chi connectivity index (χ4v) is 2.69. The molecule has 0 aliphatic carbocycles. The van der Waals surface area contributed by atoms with Crippen LogP contribution in [0.15, 0.2) is 34.0 Å². The quantitative estimate of drug-likeness (QED) is 0.859. The number of oxazole rings is 1. The van der Waals surface area contributed by atoms with Gasteiger partial charge in [-0.3, -0.25) is 9.69 Å². The Morgan fingerprint density at radius 1 is 1.32 bits per heavy atom. The smallest absolute Gasteiger partial charge is 0.266 e. The maximum atomic E-state index is 12.0. The van der Waals surface area contributed by atoms with E-state index in [1.807, 2.05) is 6.07 Å². The van der Waals surface area contributed by atoms with Gasteiger partial charge in [0.25, 0.3) is 5.56 Å². The van der Waals surface area contributed by atoms with Crippen molar-refractivity contribution in [2.45, 2.75) is 39.3 Å². The molecule has 1 saturated heterocycles. The van der Waals surface area contributed by atoms with Gasteiger partial charge >= 0.3 is 0 Å². The first kappa shape index (κ1) is 15.0. The van der Waals surface area contributed by atoms with E-state index in [-0.39, 0.29) is 11.0 Å². The van der Waals surface area contributed by atoms with Crippen molar-refractivity contribution in [3.8, 4) is 0 Å². The summed E-state index contributed by atoms with van der Waals surface area (Å²) in [6, 6.07) is 3.45. The maximum absolute atomic E-state index is 12.0. The molecule has 0 N–H and O–H groups in total. The second-order valence-corrected chi connectivity index (χ2v) is 7.03. The van der Waals surface area contributed by atoms with Crippen molar-refractivity contribution in [3.63, 3.8) is 0 Å². The molecule has 2 aromatic rings. The van der Waals surface area contributed by atoms with Crippen LogP contribution in [0.5, 0.6) is 0 Å². The van der Waals surface area contributed by atoms with Crippen molar-refractivity contribution in [3.05, 3.63) is 46.5 Å². The number of hydrogen-bond acceptors (Lipinski definition) is 5. The summed E-state index contributed by atoms with van der Waals surface area (Å²) in [5.41, 5.74) is 1.82. The Balaban J connectivity index is 1.60. The standard InChI is InChI=1S/C16H22N4O2/c1-16(2,3)14-4-5-15(21)20(18-14)8-12-6-19(7-12)9-13-10-22-11-17-13/h4-5,10-12H,6-9H2,1-3H3. The minimum Gasteiger partial charge on any atom is -0.451 e. The monoisotopic (exact) mass is 302 g/mol. The van der Waals surface area contributed by atoms with Crippen LogP contribution in [0.25, 0.3) is 0 Å². The van der Waals surface area contributed by atoms with E-state index in [9.17, 15) is 4.79 Å². The van der Waals surface area contributed by atoms with E-state index >= 15 is 0 Å². The number of likely N-dealkylation sites (tertiary alicyclic amines) is 1. The molecule has 6 heteroatoms. The summed E-state index contributed by atoms with van der Waals surface area (Å²) >= 11 is 0. The van der Waals surface area contributed by atoms with Crippen LogP contribution in [0.2, 0.25) is 0 Å². The van der Waals surface area contributed by atoms with E-state index in [2.05, 4.69) is 35.8 Å². The average Bonchev–Trinajstić information content (AvgIpc) is 2.90. The molecular weight excluding hydrogens is 280 g/mol. The first-order valence-corrected chi connectivity index (χ1v) is 7.60. The van der Waals surface area contributed by atoms with Gasteiger partial charge in [-0.2, -0.15) is 5.10 Å². The van der Waals surface area contributed by atoms with Crippen molar-refractivity contribution < 1.29 is 4.42 Å². The largest absolute Gasteiger partial charge is 0.451 e. The summed E-state index contributed by atoms with van der Waals surface area (Å²) in [5.74, 6) is 0.465. The van der Waals surface area contributed by atoms with Gasteiger partial charge in [0.1, 0.15) is 6.26 Å². The Morgan fingerprint density at radius 2 is 2.09 bits per heavy atom. The Labute approximate surface area is 129 Å². The average molecular weight is 302 g/mol. The number of hydrogen-bond donors (Lipinski definition) is 0. The molecule has 22 heavy (non-hydrogen) atoms. The lowest BCUT2D eigenvalue weighted by Gasteiger charge is -2.38. The van der Waals surface area contributed by atoms with Crippen LogP contribution < -0.4 is 5.56 Å². The van der Waals surface area contributed by atoms with Crippen LogP contribution in [0.4, 0.5) is 0 Å². The van der Waals surface area contributed by atoms with Gasteiger partial charge in [0, 0.05) is 37.0 Å². The van der Waals surface area contributed by atoms with Gasteiger partial charge in [-0.05, 0) is 6.07 Å². The van der Waals surface area contributed by atoms with Gasteiger partial charge < -0.3 is 4.42 Å². The molecule has 0 spiro atoms. The van der Waals surface area contributed by atoms with Gasteiger partial charge in [0.15, 0.2) is 6.39 Å². The molecule has 1 aliphatic rings. The minimum atomic E-state index is -0.0476. The fraction of sp³-hybridized carbons (Fsp3) is 0.562. The van der Waals surface area contributed by atoms with Crippen molar-refractivity contribution in [1.82, 2.24) is 19.7 Å². The van der Waals surface area contributed by atoms with Crippen LogP contribution in [-0.4, -0.2) is 32.8 Å². The summed E-state index contributed by atoms with van der Waals surface area (Å²) in [5, 5.41) is 4.52. The van der Waals surface area contributed by atoms with Crippen LogP contribution in [0, 0.1) is 5.92 Å². The molecule has 0 saturated carbocycles. The van der Waals surface area contributed by atoms with Crippen molar-refractivity contribution in [2.75, 3.05) is 13.1 Å². The minimum absolute atomic E-state index is 0.0250. The molecule has 2 aromatic heterocycles. The highest BCUT2D eigenvalue weighted by molar-refractivity contribution is 5.10. The predicted octanol–water partition coefficient (Wildman–Crippen LogP) is 1.66. The topological polar surface area (TPSA) is 64.2 Å². The molecule has 0 radical (unpaired) electrons. The first-order chi connectivity index (χ1) is 10.4. The molecule has 0 bridgehead atoms. The normalized spacial score (nSPS) is 16.7. The lowest BCUT2D eigenvalue weighted by molar-refractivity contribution is 0.0751. The molecule has 0 unspecified atom stereocenters. The Hall–Kier alpha value is -1.95. The molecule has 118 valence electrons. The van der Waals surface area contributed by atoms with E-state index in [0.29, 0.717) is 12.5 Å². The van der Waals surface area contributed by atoms with E-state index in [4.69, 9.17) is 4.42 Å². The molecule has 1 fully saturated rings. The summed E-state index contributed by atoms with van der Waals surface area (Å²) < 4.78 is 6.58. The zero-order valence-electron chi connectivity index (χ0n) is 13.3. The molecule has 0 atom stereocenters. The highest BCUT2D eigenvalue weighted by atomic mass is 16.3. The molecule has 6 nitrogen and oxygen atoms in total. The lowest BCUT2D eigenvalue weighted by Crippen LogP contribution is -2.49. The second-order valence-electron chi connectivity index (χ2n) is 7.03. The van der Waals surface area contributed by atoms with Gasteiger partial charge in [0.05, 0.1) is 17.9 Å². The third-order valence-corrected chi connectivity index (χ3v) is 3.97. The summed E-state index contributed by atoms with van der Waals surface area (Å²) in [4.78, 5) is 18.4. The van der Waals surface area contributed by atoms with Gasteiger partial charge in [0.2, 0.25) is 0 Å². The number of rotatable bonds is 4. The second kappa shape index (κ2) is 5.68. The Morgan fingerprint density at radius 3 is 2.73 bits per heavy atom. The van der Waals surface area contributed by atoms with Crippen LogP contribution >= 0.6 is 0 Å². The Kier molecular flexibility index (Phi) is 3.87. The van der Waals surface area contributed by atoms with Gasteiger partial charge in [-0.25, -0.2) is 9.67 Å². The maximum Gasteiger partial charge on any atom is 0.266 e. The van der Waals surface area contributed by atoms with Crippen LogP contribution in [0.3, 0.4) is 0 Å². The number of nitrogens with zero attached hydrogens (tertiary/aromatic N) is 4. The van der Waals surface area contributed by atoms with Crippen LogP contribution in [0.1, 0.15) is 32.2 Å².